The summed E-state index contributed by atoms with van der Waals surface area (Å²) in [6.07, 6.45) is 3.97. The second kappa shape index (κ2) is 9.38. The molecule has 2 aliphatic rings. The summed E-state index contributed by atoms with van der Waals surface area (Å²) in [6.45, 7) is 1.93. The second-order valence-electron chi connectivity index (χ2n) is 7.66. The number of benzene rings is 1. The number of aliphatic imine (C=N–C) groups is 1. The van der Waals surface area contributed by atoms with Gasteiger partial charge in [-0.1, -0.05) is 12.1 Å². The lowest BCUT2D eigenvalue weighted by atomic mass is 9.96. The zero-order valence-corrected chi connectivity index (χ0v) is 19.2. The van der Waals surface area contributed by atoms with Gasteiger partial charge in [0.15, 0.2) is 11.8 Å². The van der Waals surface area contributed by atoms with Crippen LogP contribution >= 0.6 is 24.0 Å². The van der Waals surface area contributed by atoms with Crippen molar-refractivity contribution in [3.63, 3.8) is 0 Å². The van der Waals surface area contributed by atoms with Gasteiger partial charge in [-0.3, -0.25) is 4.99 Å². The van der Waals surface area contributed by atoms with Crippen molar-refractivity contribution < 1.29 is 9.13 Å². The summed E-state index contributed by atoms with van der Waals surface area (Å²) in [5.74, 6) is 2.33. The van der Waals surface area contributed by atoms with Crippen molar-refractivity contribution in [1.82, 2.24) is 25.4 Å². The number of hydrogen-bond donors (Lipinski definition) is 2. The lowest BCUT2D eigenvalue weighted by Crippen LogP contribution is -2.48. The topological polar surface area (TPSA) is 76.4 Å². The third kappa shape index (κ3) is 5.06. The molecular weight excluding hydrogens is 486 g/mol. The fraction of sp³-hybridized carbons (Fsp3) is 0.550. The Morgan fingerprint density at radius 3 is 2.93 bits per heavy atom. The fourth-order valence-corrected chi connectivity index (χ4v) is 3.85. The van der Waals surface area contributed by atoms with Crippen LogP contribution in [0.2, 0.25) is 0 Å². The van der Waals surface area contributed by atoms with Gasteiger partial charge < -0.3 is 15.4 Å². The number of hydrogen-bond acceptors (Lipinski definition) is 4. The van der Waals surface area contributed by atoms with E-state index in [4.69, 9.17) is 4.74 Å². The van der Waals surface area contributed by atoms with E-state index < -0.39 is 0 Å². The van der Waals surface area contributed by atoms with Crippen molar-refractivity contribution in [2.24, 2.45) is 4.99 Å². The highest BCUT2D eigenvalue weighted by molar-refractivity contribution is 14.0. The van der Waals surface area contributed by atoms with Gasteiger partial charge in [-0.25, -0.2) is 14.1 Å². The fourth-order valence-electron chi connectivity index (χ4n) is 3.85. The van der Waals surface area contributed by atoms with Gasteiger partial charge in [-0.15, -0.1) is 24.0 Å². The van der Waals surface area contributed by atoms with Gasteiger partial charge in [-0.2, -0.15) is 5.10 Å². The van der Waals surface area contributed by atoms with E-state index in [9.17, 15) is 4.39 Å². The number of fused-ring (bicyclic) bond motifs is 1. The first-order valence-corrected chi connectivity index (χ1v) is 9.77. The molecule has 1 aliphatic heterocycles. The highest BCUT2D eigenvalue weighted by Crippen LogP contribution is 2.47. The highest BCUT2D eigenvalue weighted by atomic mass is 127. The van der Waals surface area contributed by atoms with E-state index in [1.807, 2.05) is 10.7 Å². The maximum atomic E-state index is 13.6. The molecule has 1 aromatic heterocycles. The summed E-state index contributed by atoms with van der Waals surface area (Å²) in [5, 5.41) is 11.4. The summed E-state index contributed by atoms with van der Waals surface area (Å²) >= 11 is 0. The van der Waals surface area contributed by atoms with Crippen molar-refractivity contribution >= 4 is 29.9 Å². The van der Waals surface area contributed by atoms with E-state index in [1.54, 1.807) is 26.3 Å². The summed E-state index contributed by atoms with van der Waals surface area (Å²) in [6, 6.07) is 7.18. The van der Waals surface area contributed by atoms with Crippen molar-refractivity contribution in [3.8, 4) is 0 Å². The Hall–Kier alpha value is -1.75. The quantitative estimate of drug-likeness (QED) is 0.352. The number of halogens is 2. The number of ether oxygens (including phenoxy) is 1. The first-order valence-electron chi connectivity index (χ1n) is 9.77. The third-order valence-electron chi connectivity index (χ3n) is 5.62. The minimum atomic E-state index is -0.176. The predicted molar refractivity (Wildman–Crippen MR) is 120 cm³/mol. The molecule has 0 bridgehead atoms. The molecule has 1 atom stereocenters. The average Bonchev–Trinajstić information content (AvgIpc) is 3.38. The van der Waals surface area contributed by atoms with Crippen LogP contribution in [0.15, 0.2) is 29.3 Å². The summed E-state index contributed by atoms with van der Waals surface area (Å²) in [4.78, 5) is 8.88. The lowest BCUT2D eigenvalue weighted by Gasteiger charge is -2.26. The minimum Gasteiger partial charge on any atom is -0.377 e. The van der Waals surface area contributed by atoms with Crippen LogP contribution in [0.5, 0.6) is 0 Å². The zero-order valence-electron chi connectivity index (χ0n) is 16.8. The Morgan fingerprint density at radius 1 is 1.41 bits per heavy atom. The molecule has 9 heteroatoms. The molecule has 29 heavy (non-hydrogen) atoms. The number of aromatic nitrogens is 3. The molecule has 1 saturated carbocycles. The van der Waals surface area contributed by atoms with Gasteiger partial charge in [0.25, 0.3) is 0 Å². The van der Waals surface area contributed by atoms with Crippen molar-refractivity contribution in [3.05, 3.63) is 47.3 Å². The molecule has 2 aromatic rings. The van der Waals surface area contributed by atoms with Crippen LogP contribution < -0.4 is 10.6 Å². The Bertz CT molecular complexity index is 866. The number of rotatable bonds is 6. The first kappa shape index (κ1) is 21.9. The van der Waals surface area contributed by atoms with Crippen LogP contribution in [-0.2, 0) is 29.7 Å². The highest BCUT2D eigenvalue weighted by Gasteiger charge is 2.44. The SMILES string of the molecule is CN=C(NCC1(c2cccc(F)c2)CC1)NC1CCc2nc(COC)nn2C1.I. The largest absolute Gasteiger partial charge is 0.377 e. The van der Waals surface area contributed by atoms with Crippen LogP contribution in [0.1, 0.15) is 36.5 Å². The number of guanidine groups is 1. The lowest BCUT2D eigenvalue weighted by molar-refractivity contribution is 0.177. The van der Waals surface area contributed by atoms with Crippen LogP contribution in [0.3, 0.4) is 0 Å². The normalized spacial score (nSPS) is 19.8. The smallest absolute Gasteiger partial charge is 0.191 e. The Balaban J connectivity index is 0.00000240. The Labute approximate surface area is 187 Å². The van der Waals surface area contributed by atoms with Crippen LogP contribution in [0.4, 0.5) is 4.39 Å². The second-order valence-corrected chi connectivity index (χ2v) is 7.66. The molecule has 7 nitrogen and oxygen atoms in total. The van der Waals surface area contributed by atoms with Gasteiger partial charge in [0.2, 0.25) is 0 Å². The van der Waals surface area contributed by atoms with E-state index in [-0.39, 0.29) is 41.3 Å². The zero-order chi connectivity index (χ0) is 19.6. The van der Waals surface area contributed by atoms with Gasteiger partial charge in [0.1, 0.15) is 18.2 Å². The van der Waals surface area contributed by atoms with E-state index in [2.05, 4.69) is 25.7 Å². The van der Waals surface area contributed by atoms with Crippen molar-refractivity contribution in [2.45, 2.75) is 50.3 Å². The summed E-state index contributed by atoms with van der Waals surface area (Å²) in [7, 11) is 3.42. The van der Waals surface area contributed by atoms with Crippen molar-refractivity contribution in [2.75, 3.05) is 20.7 Å². The van der Waals surface area contributed by atoms with E-state index >= 15 is 0 Å². The predicted octanol–water partition coefficient (Wildman–Crippen LogP) is 2.39. The maximum absolute atomic E-state index is 13.6. The molecule has 0 spiro atoms. The molecule has 1 aliphatic carbocycles. The monoisotopic (exact) mass is 514 g/mol. The molecule has 0 saturated heterocycles. The molecule has 4 rings (SSSR count). The van der Waals surface area contributed by atoms with Crippen molar-refractivity contribution in [1.29, 1.82) is 0 Å². The van der Waals surface area contributed by atoms with E-state index in [0.29, 0.717) is 6.61 Å². The Morgan fingerprint density at radius 2 is 2.24 bits per heavy atom. The number of aryl methyl sites for hydroxylation is 1. The van der Waals surface area contributed by atoms with E-state index in [0.717, 1.165) is 61.9 Å². The summed E-state index contributed by atoms with van der Waals surface area (Å²) < 4.78 is 20.7. The molecule has 2 N–H and O–H groups in total. The van der Waals surface area contributed by atoms with Gasteiger partial charge in [0.05, 0.1) is 6.54 Å². The van der Waals surface area contributed by atoms with Gasteiger partial charge in [0, 0.05) is 38.6 Å². The molecule has 1 fully saturated rings. The first-order chi connectivity index (χ1) is 13.6. The number of methoxy groups -OCH3 is 1. The molecule has 0 radical (unpaired) electrons. The van der Waals surface area contributed by atoms with Gasteiger partial charge in [-0.05, 0) is 37.0 Å². The third-order valence-corrected chi connectivity index (χ3v) is 5.62. The van der Waals surface area contributed by atoms with Crippen LogP contribution in [-0.4, -0.2) is 47.5 Å². The molecule has 2 heterocycles. The molecular formula is C20H28FIN6O. The molecule has 158 valence electrons. The molecule has 0 amide bonds. The Kier molecular flexibility index (Phi) is 7.10. The standard InChI is InChI=1S/C20H27FN6O.HI/c1-22-19(23-13-20(8-9-20)14-4-3-5-15(21)10-14)24-16-6-7-18-25-17(12-28-2)26-27(18)11-16;/h3-5,10,16H,6-9,11-13H2,1-2H3,(H2,22,23,24);1H. The number of nitrogens with zero attached hydrogens (tertiary/aromatic N) is 4. The van der Waals surface area contributed by atoms with Gasteiger partial charge >= 0.3 is 0 Å². The van der Waals surface area contributed by atoms with Crippen LogP contribution in [0.25, 0.3) is 0 Å². The molecule has 1 unspecified atom stereocenters. The average molecular weight is 514 g/mol. The van der Waals surface area contributed by atoms with E-state index in [1.165, 1.54) is 6.07 Å². The summed E-state index contributed by atoms with van der Waals surface area (Å²) in [5.41, 5.74) is 1.08. The maximum Gasteiger partial charge on any atom is 0.191 e. The number of nitrogens with one attached hydrogen (secondary N) is 2. The van der Waals surface area contributed by atoms with Crippen LogP contribution in [0, 0.1) is 5.82 Å². The molecule has 1 aromatic carbocycles. The minimum absolute atomic E-state index is 0.